The lowest BCUT2D eigenvalue weighted by Crippen LogP contribution is -2.21. The number of nitrogens with zero attached hydrogens (tertiary/aromatic N) is 3. The zero-order valence-electron chi connectivity index (χ0n) is 12.4. The molecule has 0 unspecified atom stereocenters. The van der Waals surface area contributed by atoms with E-state index in [1.54, 1.807) is 0 Å². The standard InChI is InChI=1S/C17H21N3/c1-4-20(5-2)17-9-7-6-8-16(17)19-18-15-12-10-14(3)11-13-15/h6-13H,4-5H2,1-3H3. The van der Waals surface area contributed by atoms with Crippen LogP contribution >= 0.6 is 0 Å². The molecule has 0 amide bonds. The first-order valence-corrected chi connectivity index (χ1v) is 7.07. The number of anilines is 1. The highest BCUT2D eigenvalue weighted by Gasteiger charge is 2.06. The van der Waals surface area contributed by atoms with Gasteiger partial charge in [-0.25, -0.2) is 0 Å². The van der Waals surface area contributed by atoms with E-state index in [2.05, 4.69) is 42.0 Å². The molecule has 0 radical (unpaired) electrons. The fourth-order valence-corrected chi connectivity index (χ4v) is 2.10. The van der Waals surface area contributed by atoms with Crippen LogP contribution in [-0.2, 0) is 0 Å². The molecular weight excluding hydrogens is 246 g/mol. The average Bonchev–Trinajstić information content (AvgIpc) is 2.49. The van der Waals surface area contributed by atoms with Gasteiger partial charge in [-0.05, 0) is 45.0 Å². The summed E-state index contributed by atoms with van der Waals surface area (Å²) in [6.45, 7) is 8.30. The van der Waals surface area contributed by atoms with Crippen molar-refractivity contribution >= 4 is 17.1 Å². The number of para-hydroxylation sites is 1. The van der Waals surface area contributed by atoms with Gasteiger partial charge in [-0.1, -0.05) is 29.8 Å². The van der Waals surface area contributed by atoms with Gasteiger partial charge in [-0.3, -0.25) is 0 Å². The number of aryl methyl sites for hydroxylation is 1. The molecule has 2 aromatic rings. The Labute approximate surface area is 121 Å². The zero-order chi connectivity index (χ0) is 14.4. The molecule has 2 rings (SSSR count). The van der Waals surface area contributed by atoms with Crippen LogP contribution in [0.1, 0.15) is 19.4 Å². The monoisotopic (exact) mass is 267 g/mol. The molecule has 0 bridgehead atoms. The second-order valence-corrected chi connectivity index (χ2v) is 4.70. The normalized spacial score (nSPS) is 10.9. The molecule has 104 valence electrons. The van der Waals surface area contributed by atoms with Gasteiger partial charge in [0.05, 0.1) is 11.4 Å². The first-order chi connectivity index (χ1) is 9.74. The summed E-state index contributed by atoms with van der Waals surface area (Å²) < 4.78 is 0. The summed E-state index contributed by atoms with van der Waals surface area (Å²) in [7, 11) is 0. The molecule has 3 nitrogen and oxygen atoms in total. The van der Waals surface area contributed by atoms with Crippen LogP contribution in [0.5, 0.6) is 0 Å². The molecule has 0 heterocycles. The van der Waals surface area contributed by atoms with Gasteiger partial charge >= 0.3 is 0 Å². The highest BCUT2D eigenvalue weighted by molar-refractivity contribution is 5.66. The average molecular weight is 267 g/mol. The van der Waals surface area contributed by atoms with Crippen molar-refractivity contribution in [3.05, 3.63) is 54.1 Å². The van der Waals surface area contributed by atoms with E-state index < -0.39 is 0 Å². The smallest absolute Gasteiger partial charge is 0.109 e. The van der Waals surface area contributed by atoms with Gasteiger partial charge in [0.15, 0.2) is 0 Å². The van der Waals surface area contributed by atoms with Gasteiger partial charge in [0.1, 0.15) is 5.69 Å². The van der Waals surface area contributed by atoms with Crippen molar-refractivity contribution in [2.45, 2.75) is 20.8 Å². The van der Waals surface area contributed by atoms with Gasteiger partial charge in [0.25, 0.3) is 0 Å². The van der Waals surface area contributed by atoms with Crippen molar-refractivity contribution in [2.75, 3.05) is 18.0 Å². The van der Waals surface area contributed by atoms with E-state index in [1.165, 1.54) is 5.56 Å². The van der Waals surface area contributed by atoms with Crippen LogP contribution in [0.2, 0.25) is 0 Å². The van der Waals surface area contributed by atoms with E-state index in [4.69, 9.17) is 0 Å². The van der Waals surface area contributed by atoms with Crippen molar-refractivity contribution in [1.82, 2.24) is 0 Å². The molecule has 0 saturated carbocycles. The molecule has 3 heteroatoms. The number of hydrogen-bond donors (Lipinski definition) is 0. The molecule has 0 N–H and O–H groups in total. The summed E-state index contributed by atoms with van der Waals surface area (Å²) in [6, 6.07) is 16.2. The Bertz CT molecular complexity index is 569. The highest BCUT2D eigenvalue weighted by Crippen LogP contribution is 2.29. The van der Waals surface area contributed by atoms with E-state index in [9.17, 15) is 0 Å². The van der Waals surface area contributed by atoms with Crippen molar-refractivity contribution in [3.63, 3.8) is 0 Å². The Morgan fingerprint density at radius 2 is 1.50 bits per heavy atom. The quantitative estimate of drug-likeness (QED) is 0.679. The molecule has 0 saturated heterocycles. The van der Waals surface area contributed by atoms with E-state index in [-0.39, 0.29) is 0 Å². The summed E-state index contributed by atoms with van der Waals surface area (Å²) in [4.78, 5) is 2.28. The van der Waals surface area contributed by atoms with Gasteiger partial charge in [-0.2, -0.15) is 5.11 Å². The Morgan fingerprint density at radius 1 is 0.850 bits per heavy atom. The molecule has 20 heavy (non-hydrogen) atoms. The van der Waals surface area contributed by atoms with Gasteiger partial charge in [0, 0.05) is 13.1 Å². The van der Waals surface area contributed by atoms with Crippen LogP contribution in [0, 0.1) is 6.92 Å². The SMILES string of the molecule is CCN(CC)c1ccccc1N=Nc1ccc(C)cc1. The van der Waals surface area contributed by atoms with Crippen LogP contribution in [-0.4, -0.2) is 13.1 Å². The minimum Gasteiger partial charge on any atom is -0.370 e. The van der Waals surface area contributed by atoms with Gasteiger partial charge in [0.2, 0.25) is 0 Å². The second kappa shape index (κ2) is 6.85. The lowest BCUT2D eigenvalue weighted by molar-refractivity contribution is 0.865. The Kier molecular flexibility index (Phi) is 4.88. The third-order valence-electron chi connectivity index (χ3n) is 3.29. The highest BCUT2D eigenvalue weighted by atomic mass is 15.2. The minimum atomic E-state index is 0.880. The predicted octanol–water partition coefficient (Wildman–Crippen LogP) is 5.26. The zero-order valence-corrected chi connectivity index (χ0v) is 12.4. The third-order valence-corrected chi connectivity index (χ3v) is 3.29. The molecule has 0 aliphatic carbocycles. The summed E-state index contributed by atoms with van der Waals surface area (Å²) in [5, 5.41) is 8.73. The lowest BCUT2D eigenvalue weighted by Gasteiger charge is -2.22. The van der Waals surface area contributed by atoms with Crippen LogP contribution in [0.15, 0.2) is 58.8 Å². The molecule has 0 spiro atoms. The lowest BCUT2D eigenvalue weighted by atomic mass is 10.2. The van der Waals surface area contributed by atoms with Crippen molar-refractivity contribution in [3.8, 4) is 0 Å². The second-order valence-electron chi connectivity index (χ2n) is 4.70. The summed E-state index contributed by atoms with van der Waals surface area (Å²) in [5.41, 5.74) is 4.16. The summed E-state index contributed by atoms with van der Waals surface area (Å²) in [6.07, 6.45) is 0. The molecule has 0 aliphatic heterocycles. The van der Waals surface area contributed by atoms with Gasteiger partial charge in [-0.15, -0.1) is 5.11 Å². The largest absolute Gasteiger partial charge is 0.370 e. The van der Waals surface area contributed by atoms with Crippen LogP contribution in [0.3, 0.4) is 0 Å². The van der Waals surface area contributed by atoms with Crippen molar-refractivity contribution in [1.29, 1.82) is 0 Å². The van der Waals surface area contributed by atoms with E-state index in [1.807, 2.05) is 42.5 Å². The molecule has 0 aliphatic rings. The molecular formula is C17H21N3. The molecule has 0 aromatic heterocycles. The fraction of sp³-hybridized carbons (Fsp3) is 0.294. The Morgan fingerprint density at radius 3 is 2.15 bits per heavy atom. The minimum absolute atomic E-state index is 0.880. The van der Waals surface area contributed by atoms with Crippen molar-refractivity contribution < 1.29 is 0 Å². The van der Waals surface area contributed by atoms with Gasteiger partial charge < -0.3 is 4.90 Å². The van der Waals surface area contributed by atoms with Crippen LogP contribution in [0.4, 0.5) is 17.1 Å². The first-order valence-electron chi connectivity index (χ1n) is 7.07. The van der Waals surface area contributed by atoms with E-state index >= 15 is 0 Å². The first kappa shape index (κ1) is 14.3. The maximum Gasteiger partial charge on any atom is 0.109 e. The predicted molar refractivity (Wildman–Crippen MR) is 85.4 cm³/mol. The number of hydrogen-bond acceptors (Lipinski definition) is 3. The summed E-state index contributed by atoms with van der Waals surface area (Å²) in [5.74, 6) is 0. The fourth-order valence-electron chi connectivity index (χ4n) is 2.10. The molecule has 0 atom stereocenters. The van der Waals surface area contributed by atoms with Crippen LogP contribution < -0.4 is 4.90 Å². The summed E-state index contributed by atoms with van der Waals surface area (Å²) >= 11 is 0. The number of rotatable bonds is 5. The van der Waals surface area contributed by atoms with Crippen molar-refractivity contribution in [2.24, 2.45) is 10.2 Å². The number of benzene rings is 2. The molecule has 0 fully saturated rings. The maximum atomic E-state index is 4.41. The third kappa shape index (κ3) is 3.44. The topological polar surface area (TPSA) is 28.0 Å². The van der Waals surface area contributed by atoms with E-state index in [0.717, 1.165) is 30.2 Å². The maximum absolute atomic E-state index is 4.41. The van der Waals surface area contributed by atoms with Crippen LogP contribution in [0.25, 0.3) is 0 Å². The van der Waals surface area contributed by atoms with E-state index in [0.29, 0.717) is 0 Å². The Balaban J connectivity index is 2.27. The molecule has 2 aromatic carbocycles. The number of azo groups is 1. The Hall–Kier alpha value is -2.16.